The Balaban J connectivity index is 1.82. The number of anilines is 2. The zero-order valence-electron chi connectivity index (χ0n) is 17.1. The third-order valence-corrected chi connectivity index (χ3v) is 6.30. The lowest BCUT2D eigenvalue weighted by Crippen LogP contribution is -2.30. The standard InChI is InChI=1S/C23H21N3O3S2/c1-16-21(22(27)25-31(2,28)29)24-23(30-16)26(15-17-9-4-3-5-10-17)20-14-8-12-18-11-6-7-13-19(18)20/h3-14H,15H2,1-2H3,(H,25,27). The van der Waals surface area contributed by atoms with E-state index in [2.05, 4.69) is 28.1 Å². The quantitative estimate of drug-likeness (QED) is 0.462. The zero-order chi connectivity index (χ0) is 22.0. The predicted octanol–water partition coefficient (Wildman–Crippen LogP) is 4.63. The van der Waals surface area contributed by atoms with E-state index in [0.29, 0.717) is 16.6 Å². The van der Waals surface area contributed by atoms with Crippen LogP contribution in [0.5, 0.6) is 0 Å². The number of fused-ring (bicyclic) bond motifs is 1. The molecule has 0 unspecified atom stereocenters. The van der Waals surface area contributed by atoms with Crippen LogP contribution < -0.4 is 9.62 Å². The van der Waals surface area contributed by atoms with Crippen molar-refractivity contribution in [1.82, 2.24) is 9.71 Å². The maximum Gasteiger partial charge on any atom is 0.284 e. The summed E-state index contributed by atoms with van der Waals surface area (Å²) >= 11 is 1.36. The number of carbonyl (C=O) groups excluding carboxylic acids is 1. The first-order chi connectivity index (χ1) is 14.8. The van der Waals surface area contributed by atoms with Gasteiger partial charge in [0, 0.05) is 10.3 Å². The Labute approximate surface area is 185 Å². The molecule has 0 bridgehead atoms. The average molecular weight is 452 g/mol. The summed E-state index contributed by atoms with van der Waals surface area (Å²) in [6.45, 7) is 2.32. The number of nitrogens with one attached hydrogen (secondary N) is 1. The summed E-state index contributed by atoms with van der Waals surface area (Å²) in [5.74, 6) is -0.722. The molecule has 0 aliphatic carbocycles. The molecule has 0 aliphatic heterocycles. The molecule has 4 rings (SSSR count). The maximum atomic E-state index is 12.5. The molecule has 0 aliphatic rings. The van der Waals surface area contributed by atoms with Crippen LogP contribution in [0.3, 0.4) is 0 Å². The molecule has 6 nitrogen and oxygen atoms in total. The van der Waals surface area contributed by atoms with Gasteiger partial charge in [0.1, 0.15) is 5.69 Å². The van der Waals surface area contributed by atoms with Gasteiger partial charge in [0.25, 0.3) is 5.91 Å². The van der Waals surface area contributed by atoms with Crippen LogP contribution in [0.4, 0.5) is 10.8 Å². The molecule has 1 aromatic heterocycles. The Morgan fingerprint density at radius 2 is 1.68 bits per heavy atom. The Bertz CT molecular complexity index is 1340. The molecule has 1 amide bonds. The highest BCUT2D eigenvalue weighted by molar-refractivity contribution is 7.89. The lowest BCUT2D eigenvalue weighted by Gasteiger charge is -2.24. The summed E-state index contributed by atoms with van der Waals surface area (Å²) in [4.78, 5) is 19.7. The highest BCUT2D eigenvalue weighted by Crippen LogP contribution is 2.37. The van der Waals surface area contributed by atoms with Gasteiger partial charge in [-0.2, -0.15) is 0 Å². The first kappa shape index (κ1) is 21.0. The van der Waals surface area contributed by atoms with Crippen molar-refractivity contribution in [2.24, 2.45) is 0 Å². The van der Waals surface area contributed by atoms with Gasteiger partial charge in [0.2, 0.25) is 10.0 Å². The third-order valence-electron chi connectivity index (χ3n) is 4.75. The van der Waals surface area contributed by atoms with E-state index < -0.39 is 15.9 Å². The van der Waals surface area contributed by atoms with E-state index in [0.717, 1.165) is 28.3 Å². The number of nitrogens with zero attached hydrogens (tertiary/aromatic N) is 2. The van der Waals surface area contributed by atoms with Gasteiger partial charge in [0.05, 0.1) is 18.5 Å². The van der Waals surface area contributed by atoms with Crippen molar-refractivity contribution in [2.45, 2.75) is 13.5 Å². The average Bonchev–Trinajstić information content (AvgIpc) is 3.13. The molecule has 8 heteroatoms. The second-order valence-electron chi connectivity index (χ2n) is 7.17. The van der Waals surface area contributed by atoms with Crippen LogP contribution in [0.15, 0.2) is 72.8 Å². The van der Waals surface area contributed by atoms with E-state index >= 15 is 0 Å². The van der Waals surface area contributed by atoms with Crippen LogP contribution in [0, 0.1) is 6.92 Å². The topological polar surface area (TPSA) is 79.4 Å². The molecule has 0 fully saturated rings. The predicted molar refractivity (Wildman–Crippen MR) is 125 cm³/mol. The molecule has 0 atom stereocenters. The summed E-state index contributed by atoms with van der Waals surface area (Å²) in [7, 11) is -3.68. The van der Waals surface area contributed by atoms with Crippen molar-refractivity contribution in [3.05, 3.63) is 88.9 Å². The lowest BCUT2D eigenvalue weighted by atomic mass is 10.1. The van der Waals surface area contributed by atoms with Crippen molar-refractivity contribution < 1.29 is 13.2 Å². The highest BCUT2D eigenvalue weighted by Gasteiger charge is 2.23. The molecule has 158 valence electrons. The number of aromatic nitrogens is 1. The number of rotatable bonds is 6. The van der Waals surface area contributed by atoms with Gasteiger partial charge in [-0.1, -0.05) is 66.7 Å². The van der Waals surface area contributed by atoms with Crippen LogP contribution in [0.1, 0.15) is 20.9 Å². The smallest absolute Gasteiger partial charge is 0.284 e. The van der Waals surface area contributed by atoms with E-state index in [-0.39, 0.29) is 5.69 Å². The molecule has 31 heavy (non-hydrogen) atoms. The summed E-state index contributed by atoms with van der Waals surface area (Å²) < 4.78 is 25.0. The monoisotopic (exact) mass is 451 g/mol. The van der Waals surface area contributed by atoms with E-state index in [9.17, 15) is 13.2 Å². The van der Waals surface area contributed by atoms with Crippen LogP contribution in [-0.2, 0) is 16.6 Å². The summed E-state index contributed by atoms with van der Waals surface area (Å²) in [6, 6.07) is 24.2. The minimum Gasteiger partial charge on any atom is -0.313 e. The fourth-order valence-electron chi connectivity index (χ4n) is 3.39. The highest BCUT2D eigenvalue weighted by atomic mass is 32.2. The molecular weight excluding hydrogens is 430 g/mol. The summed E-state index contributed by atoms with van der Waals surface area (Å²) in [5, 5.41) is 2.79. The number of carbonyl (C=O) groups is 1. The zero-order valence-corrected chi connectivity index (χ0v) is 18.7. The van der Waals surface area contributed by atoms with Gasteiger partial charge in [-0.3, -0.25) is 4.79 Å². The molecule has 4 aromatic rings. The second kappa shape index (κ2) is 8.49. The molecule has 0 spiro atoms. The van der Waals surface area contributed by atoms with Gasteiger partial charge in [-0.05, 0) is 23.9 Å². The number of thiazole rings is 1. The Hall–Kier alpha value is -3.23. The Morgan fingerprint density at radius 1 is 1.00 bits per heavy atom. The number of hydrogen-bond donors (Lipinski definition) is 1. The molecule has 3 aromatic carbocycles. The Kier molecular flexibility index (Phi) is 5.75. The number of amides is 1. The van der Waals surface area contributed by atoms with E-state index in [4.69, 9.17) is 0 Å². The molecule has 0 radical (unpaired) electrons. The van der Waals surface area contributed by atoms with Crippen LogP contribution in [0.2, 0.25) is 0 Å². The lowest BCUT2D eigenvalue weighted by molar-refractivity contribution is 0.0977. The SMILES string of the molecule is Cc1sc(N(Cc2ccccc2)c2cccc3ccccc23)nc1C(=O)NS(C)(=O)=O. The molecule has 0 saturated heterocycles. The first-order valence-electron chi connectivity index (χ1n) is 9.60. The number of benzene rings is 3. The van der Waals surface area contributed by atoms with Crippen molar-refractivity contribution in [1.29, 1.82) is 0 Å². The minimum absolute atomic E-state index is 0.115. The maximum absolute atomic E-state index is 12.5. The number of sulfonamides is 1. The van der Waals surface area contributed by atoms with Gasteiger partial charge in [-0.25, -0.2) is 18.1 Å². The van der Waals surface area contributed by atoms with Crippen molar-refractivity contribution in [3.8, 4) is 0 Å². The normalized spacial score (nSPS) is 11.4. The van der Waals surface area contributed by atoms with Gasteiger partial charge in [0.15, 0.2) is 5.13 Å². The largest absolute Gasteiger partial charge is 0.313 e. The van der Waals surface area contributed by atoms with Crippen molar-refractivity contribution in [3.63, 3.8) is 0 Å². The molecular formula is C23H21N3O3S2. The molecule has 0 saturated carbocycles. The molecule has 1 N–H and O–H groups in total. The van der Waals surface area contributed by atoms with Crippen molar-refractivity contribution >= 4 is 48.9 Å². The number of hydrogen-bond acceptors (Lipinski definition) is 6. The van der Waals surface area contributed by atoms with E-state index in [1.807, 2.05) is 59.3 Å². The fourth-order valence-corrected chi connectivity index (χ4v) is 4.74. The summed E-state index contributed by atoms with van der Waals surface area (Å²) in [6.07, 6.45) is 0.950. The van der Waals surface area contributed by atoms with Gasteiger partial charge < -0.3 is 4.90 Å². The van der Waals surface area contributed by atoms with Gasteiger partial charge in [-0.15, -0.1) is 11.3 Å². The van der Waals surface area contributed by atoms with Crippen molar-refractivity contribution in [2.75, 3.05) is 11.2 Å². The summed E-state index contributed by atoms with van der Waals surface area (Å²) in [5.41, 5.74) is 2.17. The van der Waals surface area contributed by atoms with Crippen LogP contribution in [0.25, 0.3) is 10.8 Å². The Morgan fingerprint density at radius 3 is 2.42 bits per heavy atom. The number of aryl methyl sites for hydroxylation is 1. The van der Waals surface area contributed by atoms with Crippen LogP contribution >= 0.6 is 11.3 Å². The second-order valence-corrected chi connectivity index (χ2v) is 10.1. The van der Waals surface area contributed by atoms with Gasteiger partial charge >= 0.3 is 0 Å². The third kappa shape index (κ3) is 4.76. The van der Waals surface area contributed by atoms with Crippen LogP contribution in [-0.4, -0.2) is 25.6 Å². The fraction of sp³-hybridized carbons (Fsp3) is 0.130. The molecule has 1 heterocycles. The van der Waals surface area contributed by atoms with E-state index in [1.165, 1.54) is 11.3 Å². The van der Waals surface area contributed by atoms with E-state index in [1.54, 1.807) is 6.92 Å². The first-order valence-corrected chi connectivity index (χ1v) is 12.3. The minimum atomic E-state index is -3.68.